The van der Waals surface area contributed by atoms with E-state index in [0.29, 0.717) is 13.1 Å². The maximum atomic E-state index is 11.9. The van der Waals surface area contributed by atoms with Crippen LogP contribution in [0.4, 0.5) is 5.69 Å². The quantitative estimate of drug-likeness (QED) is 0.503. The lowest BCUT2D eigenvalue weighted by molar-refractivity contribution is -0.384. The minimum atomic E-state index is -0.558. The molecule has 0 unspecified atom stereocenters. The number of benzene rings is 1. The highest BCUT2D eigenvalue weighted by molar-refractivity contribution is 6.34. The topological polar surface area (TPSA) is 90.1 Å². The number of carbonyl (C=O) groups excluding carboxylic acids is 1. The van der Waals surface area contributed by atoms with Gasteiger partial charge in [-0.2, -0.15) is 5.10 Å². The van der Waals surface area contributed by atoms with Crippen molar-refractivity contribution in [2.75, 3.05) is 6.54 Å². The van der Waals surface area contributed by atoms with E-state index in [0.717, 1.165) is 6.42 Å². The van der Waals surface area contributed by atoms with Gasteiger partial charge in [0, 0.05) is 37.6 Å². The Morgan fingerprint density at radius 2 is 2.29 bits per heavy atom. The number of non-ortho nitro benzene ring substituents is 1. The van der Waals surface area contributed by atoms with Crippen LogP contribution >= 0.6 is 11.6 Å². The lowest BCUT2D eigenvalue weighted by Crippen LogP contribution is -2.25. The van der Waals surface area contributed by atoms with E-state index in [1.54, 1.807) is 10.9 Å². The fourth-order valence-electron chi connectivity index (χ4n) is 1.77. The summed E-state index contributed by atoms with van der Waals surface area (Å²) in [5.41, 5.74) is 0.0802. The van der Waals surface area contributed by atoms with Crippen LogP contribution in [0.25, 0.3) is 0 Å². The average Bonchev–Trinajstić information content (AvgIpc) is 2.96. The van der Waals surface area contributed by atoms with Crippen molar-refractivity contribution in [1.82, 2.24) is 15.1 Å². The van der Waals surface area contributed by atoms with Gasteiger partial charge in [0.15, 0.2) is 0 Å². The Balaban J connectivity index is 1.87. The Morgan fingerprint density at radius 3 is 2.90 bits per heavy atom. The predicted molar refractivity (Wildman–Crippen MR) is 77.3 cm³/mol. The first-order valence-electron chi connectivity index (χ1n) is 6.27. The molecular weight excluding hydrogens is 296 g/mol. The van der Waals surface area contributed by atoms with Gasteiger partial charge in [-0.05, 0) is 18.6 Å². The molecule has 1 aromatic heterocycles. The number of rotatable bonds is 6. The molecule has 0 fully saturated rings. The van der Waals surface area contributed by atoms with E-state index in [9.17, 15) is 14.9 Å². The van der Waals surface area contributed by atoms with Crippen LogP contribution in [-0.2, 0) is 6.54 Å². The second-order valence-corrected chi connectivity index (χ2v) is 4.71. The molecule has 7 nitrogen and oxygen atoms in total. The van der Waals surface area contributed by atoms with E-state index < -0.39 is 4.92 Å². The van der Waals surface area contributed by atoms with Crippen molar-refractivity contribution in [2.45, 2.75) is 13.0 Å². The van der Waals surface area contributed by atoms with Crippen molar-refractivity contribution >= 4 is 23.2 Å². The molecule has 2 aromatic rings. The fourth-order valence-corrected chi connectivity index (χ4v) is 2.03. The number of aromatic nitrogens is 2. The monoisotopic (exact) mass is 308 g/mol. The summed E-state index contributed by atoms with van der Waals surface area (Å²) in [6.07, 6.45) is 4.25. The zero-order valence-corrected chi connectivity index (χ0v) is 11.8. The first-order valence-corrected chi connectivity index (χ1v) is 6.65. The summed E-state index contributed by atoms with van der Waals surface area (Å²) < 4.78 is 1.77. The van der Waals surface area contributed by atoms with Gasteiger partial charge in [0.1, 0.15) is 0 Å². The molecule has 1 aromatic carbocycles. The van der Waals surface area contributed by atoms with Crippen LogP contribution in [0.15, 0.2) is 36.7 Å². The molecule has 0 saturated carbocycles. The van der Waals surface area contributed by atoms with Crippen LogP contribution in [0.2, 0.25) is 5.02 Å². The number of hydrogen-bond acceptors (Lipinski definition) is 4. The molecule has 0 radical (unpaired) electrons. The molecule has 0 aliphatic heterocycles. The highest BCUT2D eigenvalue weighted by Crippen LogP contribution is 2.22. The molecule has 0 spiro atoms. The van der Waals surface area contributed by atoms with E-state index in [1.165, 1.54) is 18.2 Å². The summed E-state index contributed by atoms with van der Waals surface area (Å²) in [5.74, 6) is -0.352. The van der Waals surface area contributed by atoms with E-state index in [1.807, 2.05) is 12.3 Å². The Bertz CT molecular complexity index is 643. The van der Waals surface area contributed by atoms with Gasteiger partial charge in [-0.15, -0.1) is 0 Å². The SMILES string of the molecule is O=C(NCCCn1cccn1)c1ccc([N+](=O)[O-])cc1Cl. The Hall–Kier alpha value is -2.41. The van der Waals surface area contributed by atoms with Crippen molar-refractivity contribution in [3.63, 3.8) is 0 Å². The number of halogens is 1. The van der Waals surface area contributed by atoms with Crippen LogP contribution in [-0.4, -0.2) is 27.2 Å². The maximum absolute atomic E-state index is 11.9. The number of nitrogens with one attached hydrogen (secondary N) is 1. The zero-order valence-electron chi connectivity index (χ0n) is 11.0. The zero-order chi connectivity index (χ0) is 15.2. The normalized spacial score (nSPS) is 10.3. The first-order chi connectivity index (χ1) is 10.1. The van der Waals surface area contributed by atoms with E-state index in [4.69, 9.17) is 11.6 Å². The van der Waals surface area contributed by atoms with Gasteiger partial charge in [0.2, 0.25) is 0 Å². The summed E-state index contributed by atoms with van der Waals surface area (Å²) in [5, 5.41) is 17.4. The smallest absolute Gasteiger partial charge is 0.270 e. The molecule has 0 atom stereocenters. The third-order valence-corrected chi connectivity index (χ3v) is 3.13. The molecule has 8 heteroatoms. The van der Waals surface area contributed by atoms with Gasteiger partial charge in [-0.25, -0.2) is 0 Å². The first kappa shape index (κ1) is 15.0. The number of carbonyl (C=O) groups is 1. The van der Waals surface area contributed by atoms with E-state index in [-0.39, 0.29) is 22.2 Å². The molecule has 110 valence electrons. The number of nitro groups is 1. The minimum absolute atomic E-state index is 0.0637. The van der Waals surface area contributed by atoms with Gasteiger partial charge >= 0.3 is 0 Å². The summed E-state index contributed by atoms with van der Waals surface area (Å²) >= 11 is 5.88. The van der Waals surface area contributed by atoms with Gasteiger partial charge in [0.25, 0.3) is 11.6 Å². The van der Waals surface area contributed by atoms with Gasteiger partial charge in [-0.1, -0.05) is 11.6 Å². The Labute approximate surface area is 125 Å². The number of aryl methyl sites for hydroxylation is 1. The van der Waals surface area contributed by atoms with Crippen LogP contribution in [0.3, 0.4) is 0 Å². The number of hydrogen-bond donors (Lipinski definition) is 1. The van der Waals surface area contributed by atoms with E-state index in [2.05, 4.69) is 10.4 Å². The molecule has 0 saturated heterocycles. The summed E-state index contributed by atoms with van der Waals surface area (Å²) in [7, 11) is 0. The van der Waals surface area contributed by atoms with Gasteiger partial charge < -0.3 is 5.32 Å². The Morgan fingerprint density at radius 1 is 1.48 bits per heavy atom. The molecule has 1 heterocycles. The summed E-state index contributed by atoms with van der Waals surface area (Å²) in [6, 6.07) is 5.60. The van der Waals surface area contributed by atoms with Crippen molar-refractivity contribution in [1.29, 1.82) is 0 Å². The average molecular weight is 309 g/mol. The van der Waals surface area contributed by atoms with Gasteiger partial charge in [-0.3, -0.25) is 19.6 Å². The van der Waals surface area contributed by atoms with Crippen LogP contribution in [0.5, 0.6) is 0 Å². The van der Waals surface area contributed by atoms with Crippen LogP contribution in [0, 0.1) is 10.1 Å². The molecule has 1 N–H and O–H groups in total. The second kappa shape index (κ2) is 6.85. The third-order valence-electron chi connectivity index (χ3n) is 2.82. The Kier molecular flexibility index (Phi) is 4.89. The van der Waals surface area contributed by atoms with Crippen molar-refractivity contribution in [3.05, 3.63) is 57.4 Å². The van der Waals surface area contributed by atoms with Crippen LogP contribution in [0.1, 0.15) is 16.8 Å². The number of nitrogens with zero attached hydrogens (tertiary/aromatic N) is 3. The summed E-state index contributed by atoms with van der Waals surface area (Å²) in [6.45, 7) is 1.16. The molecule has 2 rings (SSSR count). The van der Waals surface area contributed by atoms with Crippen molar-refractivity contribution < 1.29 is 9.72 Å². The lowest BCUT2D eigenvalue weighted by atomic mass is 10.2. The minimum Gasteiger partial charge on any atom is -0.352 e. The highest BCUT2D eigenvalue weighted by atomic mass is 35.5. The lowest BCUT2D eigenvalue weighted by Gasteiger charge is -2.07. The number of amides is 1. The highest BCUT2D eigenvalue weighted by Gasteiger charge is 2.14. The molecular formula is C13H13ClN4O3. The number of nitro benzene ring substituents is 1. The molecule has 1 amide bonds. The molecule has 0 aliphatic rings. The van der Waals surface area contributed by atoms with Gasteiger partial charge in [0.05, 0.1) is 15.5 Å². The fraction of sp³-hybridized carbons (Fsp3) is 0.231. The van der Waals surface area contributed by atoms with Crippen LogP contribution < -0.4 is 5.32 Å². The molecule has 0 aliphatic carbocycles. The second-order valence-electron chi connectivity index (χ2n) is 4.30. The standard InChI is InChI=1S/C13H13ClN4O3/c14-12-9-10(18(20)21)3-4-11(12)13(19)15-5-1-7-17-8-2-6-16-17/h2-4,6,8-9H,1,5,7H2,(H,15,19). The van der Waals surface area contributed by atoms with Crippen molar-refractivity contribution in [3.8, 4) is 0 Å². The summed E-state index contributed by atoms with van der Waals surface area (Å²) in [4.78, 5) is 22.0. The third kappa shape index (κ3) is 4.03. The van der Waals surface area contributed by atoms with Crippen molar-refractivity contribution in [2.24, 2.45) is 0 Å². The molecule has 21 heavy (non-hydrogen) atoms. The maximum Gasteiger partial charge on any atom is 0.270 e. The molecule has 0 bridgehead atoms. The largest absolute Gasteiger partial charge is 0.352 e. The predicted octanol–water partition coefficient (Wildman–Crippen LogP) is 2.26. The van der Waals surface area contributed by atoms with E-state index >= 15 is 0 Å².